The van der Waals surface area contributed by atoms with Crippen LogP contribution in [0.5, 0.6) is 5.75 Å². The number of carbonyl (C=O) groups is 2. The Morgan fingerprint density at radius 3 is 2.65 bits per heavy atom. The minimum absolute atomic E-state index is 0.0363. The summed E-state index contributed by atoms with van der Waals surface area (Å²) in [5, 5.41) is 4.90. The summed E-state index contributed by atoms with van der Waals surface area (Å²) < 4.78 is 5.11. The maximum Gasteiger partial charge on any atom is 0.308 e. The monoisotopic (exact) mass is 271 g/mol. The fourth-order valence-electron chi connectivity index (χ4n) is 2.14. The van der Waals surface area contributed by atoms with Gasteiger partial charge in [0.2, 0.25) is 5.91 Å². The Morgan fingerprint density at radius 1 is 1.15 bits per heavy atom. The Bertz CT molecular complexity index is 649. The standard InChI is InChI=1S/C16H17NO3/c1-11(18)17-9-8-14-5-3-4-13-6-7-15(10-16(13)14)20-12(2)19/h3-7,10H,8-9H2,1-2H3,(H,17,18). The number of hydrogen-bond acceptors (Lipinski definition) is 3. The summed E-state index contributed by atoms with van der Waals surface area (Å²) in [6.45, 7) is 3.47. The van der Waals surface area contributed by atoms with Crippen LogP contribution in [0.1, 0.15) is 19.4 Å². The number of nitrogens with one attached hydrogen (secondary N) is 1. The molecule has 0 bridgehead atoms. The molecule has 0 aliphatic heterocycles. The van der Waals surface area contributed by atoms with E-state index in [2.05, 4.69) is 5.32 Å². The van der Waals surface area contributed by atoms with E-state index < -0.39 is 0 Å². The Balaban J connectivity index is 2.28. The first-order valence-electron chi connectivity index (χ1n) is 6.51. The summed E-state index contributed by atoms with van der Waals surface area (Å²) >= 11 is 0. The van der Waals surface area contributed by atoms with Gasteiger partial charge in [-0.2, -0.15) is 0 Å². The quantitative estimate of drug-likeness (QED) is 0.686. The number of ether oxygens (including phenoxy) is 1. The lowest BCUT2D eigenvalue weighted by Crippen LogP contribution is -2.22. The number of amides is 1. The molecule has 1 N–H and O–H groups in total. The molecule has 0 aliphatic carbocycles. The molecular weight excluding hydrogens is 254 g/mol. The molecule has 0 saturated carbocycles. The first-order chi connectivity index (χ1) is 9.56. The van der Waals surface area contributed by atoms with Crippen molar-refractivity contribution in [3.05, 3.63) is 42.0 Å². The highest BCUT2D eigenvalue weighted by molar-refractivity contribution is 5.87. The Hall–Kier alpha value is -2.36. The van der Waals surface area contributed by atoms with Gasteiger partial charge < -0.3 is 10.1 Å². The third kappa shape index (κ3) is 3.57. The maximum absolute atomic E-state index is 11.0. The predicted octanol–water partition coefficient (Wildman–Crippen LogP) is 2.44. The summed E-state index contributed by atoms with van der Waals surface area (Å²) in [5.41, 5.74) is 1.12. The van der Waals surface area contributed by atoms with Crippen molar-refractivity contribution in [2.24, 2.45) is 0 Å². The van der Waals surface area contributed by atoms with Crippen LogP contribution in [-0.4, -0.2) is 18.4 Å². The molecule has 0 atom stereocenters. The van der Waals surface area contributed by atoms with Crippen molar-refractivity contribution in [1.82, 2.24) is 5.32 Å². The summed E-state index contributed by atoms with van der Waals surface area (Å²) in [4.78, 5) is 21.9. The van der Waals surface area contributed by atoms with Crippen molar-refractivity contribution in [2.45, 2.75) is 20.3 Å². The topological polar surface area (TPSA) is 55.4 Å². The van der Waals surface area contributed by atoms with E-state index >= 15 is 0 Å². The summed E-state index contributed by atoms with van der Waals surface area (Å²) in [6, 6.07) is 11.6. The molecule has 2 aromatic rings. The minimum Gasteiger partial charge on any atom is -0.427 e. The molecule has 0 aliphatic rings. The molecule has 20 heavy (non-hydrogen) atoms. The van der Waals surface area contributed by atoms with Crippen LogP contribution < -0.4 is 10.1 Å². The smallest absolute Gasteiger partial charge is 0.308 e. The van der Waals surface area contributed by atoms with Gasteiger partial charge in [0.1, 0.15) is 5.75 Å². The molecule has 0 saturated heterocycles. The number of esters is 1. The van der Waals surface area contributed by atoms with Crippen LogP contribution in [0.2, 0.25) is 0 Å². The van der Waals surface area contributed by atoms with Crippen molar-refractivity contribution in [2.75, 3.05) is 6.54 Å². The van der Waals surface area contributed by atoms with Crippen molar-refractivity contribution in [3.8, 4) is 5.75 Å². The number of hydrogen-bond donors (Lipinski definition) is 1. The molecule has 4 nitrogen and oxygen atoms in total. The Labute approximate surface area is 117 Å². The van der Waals surface area contributed by atoms with E-state index in [1.165, 1.54) is 13.8 Å². The minimum atomic E-state index is -0.333. The fraction of sp³-hybridized carbons (Fsp3) is 0.250. The highest BCUT2D eigenvalue weighted by atomic mass is 16.5. The van der Waals surface area contributed by atoms with Gasteiger partial charge >= 0.3 is 5.97 Å². The van der Waals surface area contributed by atoms with E-state index in [0.717, 1.165) is 22.8 Å². The molecule has 4 heteroatoms. The van der Waals surface area contributed by atoms with E-state index in [0.29, 0.717) is 12.3 Å². The second-order valence-corrected chi connectivity index (χ2v) is 4.63. The first kappa shape index (κ1) is 14.1. The van der Waals surface area contributed by atoms with Gasteiger partial charge in [-0.25, -0.2) is 0 Å². The van der Waals surface area contributed by atoms with Crippen LogP contribution in [0.15, 0.2) is 36.4 Å². The molecular formula is C16H17NO3. The zero-order chi connectivity index (χ0) is 14.5. The maximum atomic E-state index is 11.0. The van der Waals surface area contributed by atoms with Gasteiger partial charge in [-0.3, -0.25) is 9.59 Å². The van der Waals surface area contributed by atoms with Crippen LogP contribution in [0.3, 0.4) is 0 Å². The molecule has 0 fully saturated rings. The van der Waals surface area contributed by atoms with Crippen LogP contribution in [0.4, 0.5) is 0 Å². The van der Waals surface area contributed by atoms with Crippen molar-refractivity contribution < 1.29 is 14.3 Å². The van der Waals surface area contributed by atoms with Gasteiger partial charge in [0.05, 0.1) is 0 Å². The van der Waals surface area contributed by atoms with Gasteiger partial charge in [-0.15, -0.1) is 0 Å². The van der Waals surface area contributed by atoms with E-state index in [-0.39, 0.29) is 11.9 Å². The average Bonchev–Trinajstić information content (AvgIpc) is 2.38. The summed E-state index contributed by atoms with van der Waals surface area (Å²) in [7, 11) is 0. The third-order valence-electron chi connectivity index (χ3n) is 2.97. The highest BCUT2D eigenvalue weighted by Gasteiger charge is 2.05. The number of rotatable bonds is 4. The SMILES string of the molecule is CC(=O)NCCc1cccc2ccc(OC(C)=O)cc12. The second-order valence-electron chi connectivity index (χ2n) is 4.63. The molecule has 2 aromatic carbocycles. The van der Waals surface area contributed by atoms with Gasteiger partial charge in [0, 0.05) is 20.4 Å². The highest BCUT2D eigenvalue weighted by Crippen LogP contribution is 2.24. The van der Waals surface area contributed by atoms with E-state index in [4.69, 9.17) is 4.74 Å². The Morgan fingerprint density at radius 2 is 1.95 bits per heavy atom. The molecule has 0 heterocycles. The molecule has 0 spiro atoms. The zero-order valence-electron chi connectivity index (χ0n) is 11.6. The zero-order valence-corrected chi connectivity index (χ0v) is 11.6. The first-order valence-corrected chi connectivity index (χ1v) is 6.51. The lowest BCUT2D eigenvalue weighted by molar-refractivity contribution is -0.131. The normalized spacial score (nSPS) is 10.3. The molecule has 0 aromatic heterocycles. The molecule has 0 unspecified atom stereocenters. The Kier molecular flexibility index (Phi) is 4.35. The van der Waals surface area contributed by atoms with Gasteiger partial charge in [0.15, 0.2) is 0 Å². The van der Waals surface area contributed by atoms with Crippen LogP contribution >= 0.6 is 0 Å². The van der Waals surface area contributed by atoms with Crippen molar-refractivity contribution in [1.29, 1.82) is 0 Å². The lowest BCUT2D eigenvalue weighted by Gasteiger charge is -2.09. The predicted molar refractivity (Wildman–Crippen MR) is 77.6 cm³/mol. The summed E-state index contributed by atoms with van der Waals surface area (Å²) in [6.07, 6.45) is 0.737. The molecule has 0 radical (unpaired) electrons. The van der Waals surface area contributed by atoms with Crippen LogP contribution in [-0.2, 0) is 16.0 Å². The number of benzene rings is 2. The lowest BCUT2D eigenvalue weighted by atomic mass is 10.0. The van der Waals surface area contributed by atoms with Gasteiger partial charge in [-0.05, 0) is 34.9 Å². The van der Waals surface area contributed by atoms with Crippen molar-refractivity contribution in [3.63, 3.8) is 0 Å². The van der Waals surface area contributed by atoms with Gasteiger partial charge in [0.25, 0.3) is 0 Å². The molecule has 1 amide bonds. The van der Waals surface area contributed by atoms with E-state index in [1.54, 1.807) is 6.07 Å². The van der Waals surface area contributed by atoms with Crippen LogP contribution in [0.25, 0.3) is 10.8 Å². The molecule has 2 rings (SSSR count). The van der Waals surface area contributed by atoms with Crippen molar-refractivity contribution >= 4 is 22.6 Å². The summed E-state index contributed by atoms with van der Waals surface area (Å²) in [5.74, 6) is 0.169. The van der Waals surface area contributed by atoms with E-state index in [9.17, 15) is 9.59 Å². The largest absolute Gasteiger partial charge is 0.427 e. The third-order valence-corrected chi connectivity index (χ3v) is 2.97. The average molecular weight is 271 g/mol. The molecule has 104 valence electrons. The van der Waals surface area contributed by atoms with E-state index in [1.807, 2.05) is 30.3 Å². The van der Waals surface area contributed by atoms with Crippen LogP contribution in [0, 0.1) is 0 Å². The van der Waals surface area contributed by atoms with Gasteiger partial charge in [-0.1, -0.05) is 24.3 Å². The number of fused-ring (bicyclic) bond motifs is 1. The number of carbonyl (C=O) groups excluding carboxylic acids is 2. The second kappa shape index (κ2) is 6.19. The fourth-order valence-corrected chi connectivity index (χ4v) is 2.14.